The van der Waals surface area contributed by atoms with Crippen molar-refractivity contribution in [1.82, 2.24) is 9.88 Å². The molecule has 0 aliphatic carbocycles. The van der Waals surface area contributed by atoms with E-state index in [1.54, 1.807) is 0 Å². The number of hydrogen-bond donors (Lipinski definition) is 3. The van der Waals surface area contributed by atoms with Crippen LogP contribution in [-0.4, -0.2) is 33.2 Å². The van der Waals surface area contributed by atoms with Crippen LogP contribution >= 0.6 is 11.6 Å². The second kappa shape index (κ2) is 7.80. The fourth-order valence-corrected chi connectivity index (χ4v) is 2.95. The third kappa shape index (κ3) is 4.14. The molecule has 0 atom stereocenters. The molecule has 0 bridgehead atoms. The summed E-state index contributed by atoms with van der Waals surface area (Å²) in [6, 6.07) is 7.93. The molecular formula is C19H14ClFN2O6. The average molecular weight is 421 g/mol. The van der Waals surface area contributed by atoms with Crippen molar-refractivity contribution < 1.29 is 28.9 Å². The Bertz CT molecular complexity index is 1190. The normalized spacial score (nSPS) is 10.7. The van der Waals surface area contributed by atoms with E-state index in [0.29, 0.717) is 0 Å². The summed E-state index contributed by atoms with van der Waals surface area (Å²) in [4.78, 5) is 35.3. The summed E-state index contributed by atoms with van der Waals surface area (Å²) in [6.45, 7) is -0.706. The summed E-state index contributed by atoms with van der Waals surface area (Å²) in [7, 11) is 1.38. The number of aromatic hydroxyl groups is 1. The number of hydrogen-bond acceptors (Lipinski definition) is 5. The molecule has 1 heterocycles. The summed E-state index contributed by atoms with van der Waals surface area (Å²) in [5.74, 6) is -3.12. The SMILES string of the molecule is Cn1c(=O)c(C(=O)NCC(=O)O)c(O)c2ccc(Oc3cc(F)cc(Cl)c3)cc21. The molecule has 29 heavy (non-hydrogen) atoms. The van der Waals surface area contributed by atoms with Crippen molar-refractivity contribution in [1.29, 1.82) is 0 Å². The van der Waals surface area contributed by atoms with Gasteiger partial charge in [0.2, 0.25) is 0 Å². The second-order valence-corrected chi connectivity index (χ2v) is 6.49. The van der Waals surface area contributed by atoms with Gasteiger partial charge in [0.05, 0.1) is 5.52 Å². The molecule has 2 aromatic carbocycles. The first kappa shape index (κ1) is 20.2. The van der Waals surface area contributed by atoms with E-state index in [4.69, 9.17) is 21.4 Å². The average Bonchev–Trinajstić information content (AvgIpc) is 2.64. The lowest BCUT2D eigenvalue weighted by Crippen LogP contribution is -2.35. The number of benzene rings is 2. The molecule has 0 unspecified atom stereocenters. The van der Waals surface area contributed by atoms with E-state index < -0.39 is 41.1 Å². The number of rotatable bonds is 5. The van der Waals surface area contributed by atoms with Crippen LogP contribution in [0.4, 0.5) is 4.39 Å². The highest BCUT2D eigenvalue weighted by Gasteiger charge is 2.22. The number of nitrogens with one attached hydrogen (secondary N) is 1. The van der Waals surface area contributed by atoms with Crippen molar-refractivity contribution in [3.05, 3.63) is 63.2 Å². The molecule has 0 saturated carbocycles. The number of carbonyl (C=O) groups excluding carboxylic acids is 1. The Morgan fingerprint density at radius 1 is 1.21 bits per heavy atom. The molecule has 0 fully saturated rings. The number of carbonyl (C=O) groups is 2. The molecule has 0 aliphatic rings. The maximum absolute atomic E-state index is 13.5. The van der Waals surface area contributed by atoms with Gasteiger partial charge >= 0.3 is 5.97 Å². The lowest BCUT2D eigenvalue weighted by molar-refractivity contribution is -0.135. The van der Waals surface area contributed by atoms with Crippen molar-refractivity contribution in [2.24, 2.45) is 7.05 Å². The summed E-state index contributed by atoms with van der Waals surface area (Å²) in [6.07, 6.45) is 0. The predicted octanol–water partition coefficient (Wildman–Crippen LogP) is 2.64. The van der Waals surface area contributed by atoms with Gasteiger partial charge in [-0.15, -0.1) is 0 Å². The molecule has 3 N–H and O–H groups in total. The summed E-state index contributed by atoms with van der Waals surface area (Å²) in [5, 5.41) is 21.4. The van der Waals surface area contributed by atoms with E-state index in [0.717, 1.165) is 16.7 Å². The van der Waals surface area contributed by atoms with Crippen molar-refractivity contribution >= 4 is 34.4 Å². The highest BCUT2D eigenvalue weighted by Crippen LogP contribution is 2.32. The number of ether oxygens (including phenoxy) is 1. The largest absolute Gasteiger partial charge is 0.506 e. The molecule has 10 heteroatoms. The van der Waals surface area contributed by atoms with Gasteiger partial charge < -0.3 is 24.8 Å². The fraction of sp³-hybridized carbons (Fsp3) is 0.105. The van der Waals surface area contributed by atoms with E-state index in [2.05, 4.69) is 0 Å². The standard InChI is InChI=1S/C19H14ClFN2O6/c1-23-14-7-11(29-12-5-9(20)4-10(21)6-12)2-3-13(14)17(26)16(19(23)28)18(27)22-8-15(24)25/h2-7,26H,8H2,1H3,(H,22,27)(H,24,25). The number of carboxylic acid groups (broad SMARTS) is 1. The van der Waals surface area contributed by atoms with Crippen molar-refractivity contribution in [3.63, 3.8) is 0 Å². The Labute approximate surface area is 167 Å². The number of nitrogens with zero attached hydrogens (tertiary/aromatic N) is 1. The minimum absolute atomic E-state index is 0.133. The van der Waals surface area contributed by atoms with Crippen LogP contribution in [0, 0.1) is 5.82 Å². The molecule has 0 radical (unpaired) electrons. The van der Waals surface area contributed by atoms with E-state index in [1.807, 2.05) is 5.32 Å². The Kier molecular flexibility index (Phi) is 5.42. The topological polar surface area (TPSA) is 118 Å². The molecular weight excluding hydrogens is 407 g/mol. The summed E-state index contributed by atoms with van der Waals surface area (Å²) < 4.78 is 20.1. The summed E-state index contributed by atoms with van der Waals surface area (Å²) >= 11 is 5.80. The van der Waals surface area contributed by atoms with Gasteiger partial charge in [-0.05, 0) is 24.3 Å². The van der Waals surface area contributed by atoms with Gasteiger partial charge in [-0.3, -0.25) is 14.4 Å². The van der Waals surface area contributed by atoms with E-state index >= 15 is 0 Å². The Morgan fingerprint density at radius 3 is 2.59 bits per heavy atom. The minimum atomic E-state index is -1.30. The predicted molar refractivity (Wildman–Crippen MR) is 102 cm³/mol. The van der Waals surface area contributed by atoms with Crippen molar-refractivity contribution in [2.45, 2.75) is 0 Å². The molecule has 1 amide bonds. The molecule has 1 aromatic heterocycles. The number of carboxylic acids is 1. The van der Waals surface area contributed by atoms with Gasteiger partial charge in [-0.2, -0.15) is 0 Å². The molecule has 3 aromatic rings. The Hall–Kier alpha value is -3.59. The van der Waals surface area contributed by atoms with Gasteiger partial charge in [0, 0.05) is 29.6 Å². The number of aryl methyl sites for hydroxylation is 1. The van der Waals surface area contributed by atoms with Crippen LogP contribution in [0.25, 0.3) is 10.9 Å². The number of amides is 1. The van der Waals surface area contributed by atoms with Gasteiger partial charge in [-0.1, -0.05) is 11.6 Å². The molecule has 0 aliphatic heterocycles. The smallest absolute Gasteiger partial charge is 0.322 e. The van der Waals surface area contributed by atoms with Gasteiger partial charge in [0.1, 0.15) is 35.2 Å². The number of pyridine rings is 1. The Balaban J connectivity index is 2.05. The van der Waals surface area contributed by atoms with Crippen molar-refractivity contribution in [2.75, 3.05) is 6.54 Å². The maximum Gasteiger partial charge on any atom is 0.322 e. The highest BCUT2D eigenvalue weighted by atomic mass is 35.5. The van der Waals surface area contributed by atoms with Crippen LogP contribution in [-0.2, 0) is 11.8 Å². The summed E-state index contributed by atoms with van der Waals surface area (Å²) in [5.41, 5.74) is -1.17. The molecule has 150 valence electrons. The monoisotopic (exact) mass is 420 g/mol. The zero-order valence-corrected chi connectivity index (χ0v) is 15.7. The van der Waals surface area contributed by atoms with Crippen LogP contribution in [0.3, 0.4) is 0 Å². The van der Waals surface area contributed by atoms with E-state index in [-0.39, 0.29) is 27.4 Å². The van der Waals surface area contributed by atoms with Crippen LogP contribution < -0.4 is 15.6 Å². The molecule has 0 spiro atoms. The lowest BCUT2D eigenvalue weighted by Gasteiger charge is -2.13. The zero-order valence-electron chi connectivity index (χ0n) is 14.9. The van der Waals surface area contributed by atoms with Crippen LogP contribution in [0.2, 0.25) is 5.02 Å². The van der Waals surface area contributed by atoms with E-state index in [1.165, 1.54) is 31.3 Å². The number of fused-ring (bicyclic) bond motifs is 1. The van der Waals surface area contributed by atoms with Crippen LogP contribution in [0.15, 0.2) is 41.2 Å². The number of halogens is 2. The zero-order chi connectivity index (χ0) is 21.3. The first-order chi connectivity index (χ1) is 13.7. The third-order valence-corrected chi connectivity index (χ3v) is 4.26. The Morgan fingerprint density at radius 2 is 1.93 bits per heavy atom. The minimum Gasteiger partial charge on any atom is -0.506 e. The second-order valence-electron chi connectivity index (χ2n) is 6.05. The maximum atomic E-state index is 13.5. The first-order valence-corrected chi connectivity index (χ1v) is 8.55. The van der Waals surface area contributed by atoms with Crippen LogP contribution in [0.5, 0.6) is 17.2 Å². The van der Waals surface area contributed by atoms with Crippen LogP contribution in [0.1, 0.15) is 10.4 Å². The molecule has 8 nitrogen and oxygen atoms in total. The van der Waals surface area contributed by atoms with Gasteiger partial charge in [0.25, 0.3) is 11.5 Å². The van der Waals surface area contributed by atoms with Gasteiger partial charge in [0.15, 0.2) is 0 Å². The molecule has 3 rings (SSSR count). The first-order valence-electron chi connectivity index (χ1n) is 8.17. The molecule has 0 saturated heterocycles. The van der Waals surface area contributed by atoms with Gasteiger partial charge in [-0.25, -0.2) is 4.39 Å². The highest BCUT2D eigenvalue weighted by molar-refractivity contribution is 6.30. The fourth-order valence-electron chi connectivity index (χ4n) is 2.74. The third-order valence-electron chi connectivity index (χ3n) is 4.04. The number of aromatic nitrogens is 1. The van der Waals surface area contributed by atoms with Crippen molar-refractivity contribution in [3.8, 4) is 17.2 Å². The number of aliphatic carboxylic acids is 1. The van der Waals surface area contributed by atoms with E-state index in [9.17, 15) is 23.9 Å². The quantitative estimate of drug-likeness (QED) is 0.584. The lowest BCUT2D eigenvalue weighted by atomic mass is 10.1.